The first kappa shape index (κ1) is 47.5. The van der Waals surface area contributed by atoms with Crippen molar-refractivity contribution >= 4 is 17.9 Å². The van der Waals surface area contributed by atoms with E-state index in [4.69, 9.17) is 14.2 Å². The van der Waals surface area contributed by atoms with Gasteiger partial charge in [-0.25, -0.2) is 0 Å². The number of rotatable bonds is 35. The van der Waals surface area contributed by atoms with Gasteiger partial charge in [0.15, 0.2) is 6.10 Å². The van der Waals surface area contributed by atoms with Gasteiger partial charge in [-0.1, -0.05) is 115 Å². The van der Waals surface area contributed by atoms with Gasteiger partial charge in [-0.2, -0.15) is 0 Å². The van der Waals surface area contributed by atoms with Gasteiger partial charge in [0.25, 0.3) is 0 Å². The lowest BCUT2D eigenvalue weighted by molar-refractivity contribution is -0.889. The molecular weight excluding hydrogens is 630 g/mol. The summed E-state index contributed by atoms with van der Waals surface area (Å²) in [6.45, 7) is 4.50. The Labute approximate surface area is 306 Å². The highest BCUT2D eigenvalue weighted by molar-refractivity contribution is 5.70. The van der Waals surface area contributed by atoms with Crippen LogP contribution in [0, 0.1) is 0 Å². The van der Waals surface area contributed by atoms with Crippen molar-refractivity contribution in [1.29, 1.82) is 0 Å². The predicted molar refractivity (Wildman–Crippen MR) is 203 cm³/mol. The second-order valence-electron chi connectivity index (χ2n) is 14.5. The van der Waals surface area contributed by atoms with E-state index in [0.29, 0.717) is 12.8 Å². The molecule has 8 nitrogen and oxygen atoms in total. The van der Waals surface area contributed by atoms with Crippen LogP contribution in [0.15, 0.2) is 36.5 Å². The Kier molecular flexibility index (Phi) is 32.0. The number of carboxylic acid groups (broad SMARTS) is 1. The minimum atomic E-state index is -1.13. The Morgan fingerprint density at radius 2 is 1.12 bits per heavy atom. The number of hydrogen-bond acceptors (Lipinski definition) is 7. The van der Waals surface area contributed by atoms with Crippen molar-refractivity contribution < 1.29 is 38.2 Å². The topological polar surface area (TPSA) is 102 Å². The maximum Gasteiger partial charge on any atom is 0.306 e. The Morgan fingerprint density at radius 3 is 1.68 bits per heavy atom. The number of quaternary nitrogens is 1. The quantitative estimate of drug-likeness (QED) is 0.0281. The van der Waals surface area contributed by atoms with Crippen molar-refractivity contribution in [3.05, 3.63) is 36.5 Å². The van der Waals surface area contributed by atoms with Gasteiger partial charge in [0.05, 0.1) is 40.3 Å². The summed E-state index contributed by atoms with van der Waals surface area (Å²) in [6.07, 6.45) is 36.0. The predicted octanol–water partition coefficient (Wildman–Crippen LogP) is 8.96. The molecule has 0 aliphatic rings. The number of hydrogen-bond donors (Lipinski definition) is 0. The summed E-state index contributed by atoms with van der Waals surface area (Å²) in [5, 5.41) is 11.6. The van der Waals surface area contributed by atoms with E-state index in [1.807, 2.05) is 0 Å². The first-order chi connectivity index (χ1) is 24.1. The Bertz CT molecular complexity index is 922. The first-order valence-electron chi connectivity index (χ1n) is 20.0. The van der Waals surface area contributed by atoms with E-state index < -0.39 is 18.1 Å². The normalized spacial score (nSPS) is 13.4. The number of aliphatic carboxylic acids is 1. The number of unbranched alkanes of at least 4 members (excludes halogenated alkanes) is 15. The second-order valence-corrected chi connectivity index (χ2v) is 14.5. The molecule has 0 aliphatic carbocycles. The van der Waals surface area contributed by atoms with Crippen LogP contribution in [0.5, 0.6) is 0 Å². The molecule has 0 aromatic carbocycles. The first-order valence-corrected chi connectivity index (χ1v) is 20.0. The summed E-state index contributed by atoms with van der Waals surface area (Å²) in [4.78, 5) is 36.7. The molecule has 0 saturated carbocycles. The van der Waals surface area contributed by atoms with Gasteiger partial charge in [-0.3, -0.25) is 9.59 Å². The highest BCUT2D eigenvalue weighted by atomic mass is 16.6. The Balaban J connectivity index is 4.43. The molecule has 0 rings (SSSR count). The summed E-state index contributed by atoms with van der Waals surface area (Å²) in [5.41, 5.74) is 0. The van der Waals surface area contributed by atoms with Crippen LogP contribution >= 0.6 is 0 Å². The van der Waals surface area contributed by atoms with Crippen LogP contribution in [-0.2, 0) is 28.6 Å². The minimum Gasteiger partial charge on any atom is -0.544 e. The lowest BCUT2D eigenvalue weighted by Gasteiger charge is -2.34. The molecule has 0 aliphatic heterocycles. The Morgan fingerprint density at radius 1 is 0.620 bits per heavy atom. The van der Waals surface area contributed by atoms with Gasteiger partial charge >= 0.3 is 11.9 Å². The fourth-order valence-electron chi connectivity index (χ4n) is 5.63. The van der Waals surface area contributed by atoms with Gasteiger partial charge < -0.3 is 28.6 Å². The van der Waals surface area contributed by atoms with Crippen molar-refractivity contribution in [2.45, 2.75) is 174 Å². The summed E-state index contributed by atoms with van der Waals surface area (Å²) < 4.78 is 17.1. The molecule has 8 heteroatoms. The second kappa shape index (κ2) is 33.7. The van der Waals surface area contributed by atoms with E-state index in [1.54, 1.807) is 21.1 Å². The molecule has 0 bridgehead atoms. The summed E-state index contributed by atoms with van der Waals surface area (Å²) in [6, 6.07) is -0.728. The zero-order chi connectivity index (χ0) is 37.1. The smallest absolute Gasteiger partial charge is 0.306 e. The third-order valence-corrected chi connectivity index (χ3v) is 8.76. The third-order valence-electron chi connectivity index (χ3n) is 8.76. The number of ether oxygens (including phenoxy) is 3. The van der Waals surface area contributed by atoms with E-state index in [0.717, 1.165) is 83.5 Å². The summed E-state index contributed by atoms with van der Waals surface area (Å²) >= 11 is 0. The van der Waals surface area contributed by atoms with Gasteiger partial charge in [-0.15, -0.1) is 0 Å². The molecular formula is C42H75NO7. The number of nitrogens with zero attached hydrogens (tertiary/aromatic N) is 1. The summed E-state index contributed by atoms with van der Waals surface area (Å²) in [5.74, 6) is -1.78. The van der Waals surface area contributed by atoms with Crippen LogP contribution in [-0.4, -0.2) is 75.5 Å². The van der Waals surface area contributed by atoms with Crippen molar-refractivity contribution in [1.82, 2.24) is 0 Å². The third kappa shape index (κ3) is 31.5. The van der Waals surface area contributed by atoms with Crippen molar-refractivity contribution in [3.8, 4) is 0 Å². The molecule has 0 heterocycles. The van der Waals surface area contributed by atoms with E-state index in [9.17, 15) is 19.5 Å². The molecule has 0 aromatic rings. The monoisotopic (exact) mass is 706 g/mol. The lowest BCUT2D eigenvalue weighted by Crippen LogP contribution is -2.55. The summed E-state index contributed by atoms with van der Waals surface area (Å²) in [7, 11) is 5.39. The number of esters is 2. The van der Waals surface area contributed by atoms with E-state index in [2.05, 4.69) is 50.3 Å². The lowest BCUT2D eigenvalue weighted by atomic mass is 10.1. The Hall–Kier alpha value is -2.45. The van der Waals surface area contributed by atoms with Crippen LogP contribution in [0.4, 0.5) is 0 Å². The van der Waals surface area contributed by atoms with Crippen LogP contribution in [0.1, 0.15) is 162 Å². The van der Waals surface area contributed by atoms with E-state index in [1.165, 1.54) is 44.9 Å². The molecule has 2 unspecified atom stereocenters. The molecule has 0 spiro atoms. The average Bonchev–Trinajstić information content (AvgIpc) is 3.06. The average molecular weight is 706 g/mol. The number of carbonyl (C=O) groups excluding carboxylic acids is 3. The maximum absolute atomic E-state index is 12.6. The van der Waals surface area contributed by atoms with Crippen molar-refractivity contribution in [2.24, 2.45) is 0 Å². The van der Waals surface area contributed by atoms with Gasteiger partial charge in [-0.05, 0) is 64.2 Å². The van der Waals surface area contributed by atoms with Gasteiger partial charge in [0.1, 0.15) is 12.6 Å². The van der Waals surface area contributed by atoms with E-state index >= 15 is 0 Å². The minimum absolute atomic E-state index is 0.0306. The van der Waals surface area contributed by atoms with Crippen molar-refractivity contribution in [2.75, 3.05) is 41.0 Å². The number of allylic oxidation sites excluding steroid dienone is 6. The van der Waals surface area contributed by atoms with Gasteiger partial charge in [0.2, 0.25) is 0 Å². The SMILES string of the molecule is CC/C=C/C/C=C/CCCCCCCC(=O)OC(COCCC(C(=O)[O-])[N+](C)(C)C)COC(=O)CCCCC/C=C/CCCCCCCCC. The van der Waals surface area contributed by atoms with Crippen LogP contribution < -0.4 is 5.11 Å². The maximum atomic E-state index is 12.6. The van der Waals surface area contributed by atoms with E-state index in [-0.39, 0.29) is 42.7 Å². The fraction of sp³-hybridized carbons (Fsp3) is 0.786. The molecule has 0 aromatic heterocycles. The standard InChI is InChI=1S/C42H75NO7/c1-6-8-10-12-14-16-18-20-21-23-24-26-28-30-32-40(44)49-37-38(36-48-35-34-39(42(46)47)43(3,4)5)50-41(45)33-31-29-27-25-22-19-17-15-13-11-9-7-2/h9,11,15,17,21,23,38-39H,6-8,10,12-14,16,18-20,22,24-37H2,1-5H3/b11-9+,17-15+,23-21+. The van der Waals surface area contributed by atoms with Crippen molar-refractivity contribution in [3.63, 3.8) is 0 Å². The molecule has 0 saturated heterocycles. The molecule has 0 N–H and O–H groups in total. The van der Waals surface area contributed by atoms with Crippen LogP contribution in [0.2, 0.25) is 0 Å². The highest BCUT2D eigenvalue weighted by Crippen LogP contribution is 2.13. The molecule has 50 heavy (non-hydrogen) atoms. The number of carbonyl (C=O) groups is 3. The largest absolute Gasteiger partial charge is 0.544 e. The van der Waals surface area contributed by atoms with Crippen LogP contribution in [0.25, 0.3) is 0 Å². The van der Waals surface area contributed by atoms with Gasteiger partial charge in [0, 0.05) is 19.3 Å². The number of carboxylic acids is 1. The molecule has 2 atom stereocenters. The number of likely N-dealkylation sites (N-methyl/N-ethyl adjacent to an activating group) is 1. The molecule has 0 amide bonds. The molecule has 0 fully saturated rings. The zero-order valence-corrected chi connectivity index (χ0v) is 32.8. The molecule has 290 valence electrons. The fourth-order valence-corrected chi connectivity index (χ4v) is 5.63. The van der Waals surface area contributed by atoms with Crippen LogP contribution in [0.3, 0.4) is 0 Å². The molecule has 0 radical (unpaired) electrons. The zero-order valence-electron chi connectivity index (χ0n) is 32.8. The highest BCUT2D eigenvalue weighted by Gasteiger charge is 2.25.